The van der Waals surface area contributed by atoms with Crippen LogP contribution < -0.4 is 4.90 Å². The third kappa shape index (κ3) is 6.16. The van der Waals surface area contributed by atoms with Crippen LogP contribution >= 0.6 is 0 Å². The lowest BCUT2D eigenvalue weighted by atomic mass is 10.0. The first-order valence-corrected chi connectivity index (χ1v) is 11.2. The Labute approximate surface area is 194 Å². The lowest BCUT2D eigenvalue weighted by Gasteiger charge is -2.36. The van der Waals surface area contributed by atoms with E-state index in [1.807, 2.05) is 29.2 Å². The quantitative estimate of drug-likeness (QED) is 0.395. The van der Waals surface area contributed by atoms with Gasteiger partial charge >= 0.3 is 0 Å². The van der Waals surface area contributed by atoms with E-state index in [-0.39, 0.29) is 17.2 Å². The Morgan fingerprint density at radius 2 is 1.52 bits per heavy atom. The number of ether oxygens (including phenoxy) is 1. The molecule has 0 radical (unpaired) electrons. The molecule has 0 spiro atoms. The molecule has 0 aliphatic carbocycles. The minimum Gasteiger partial charge on any atom is -0.389 e. The van der Waals surface area contributed by atoms with Crippen molar-refractivity contribution in [3.8, 4) is 11.1 Å². The number of benzene rings is 3. The fourth-order valence-electron chi connectivity index (χ4n) is 4.14. The fraction of sp³-hybridized carbons (Fsp3) is 0.308. The summed E-state index contributed by atoms with van der Waals surface area (Å²) < 4.78 is 5.74. The van der Waals surface area contributed by atoms with Crippen LogP contribution in [0.4, 0.5) is 11.4 Å². The van der Waals surface area contributed by atoms with Gasteiger partial charge in [-0.05, 0) is 22.8 Å². The zero-order valence-electron chi connectivity index (χ0n) is 18.5. The molecule has 1 aliphatic rings. The molecule has 0 saturated carbocycles. The Morgan fingerprint density at radius 1 is 0.879 bits per heavy atom. The average Bonchev–Trinajstić information content (AvgIpc) is 2.85. The monoisotopic (exact) mass is 447 g/mol. The summed E-state index contributed by atoms with van der Waals surface area (Å²) in [6.45, 7) is 4.10. The molecule has 1 fully saturated rings. The number of aliphatic hydroxyl groups is 1. The number of aliphatic hydroxyl groups excluding tert-OH is 1. The van der Waals surface area contributed by atoms with Gasteiger partial charge in [-0.25, -0.2) is 0 Å². The zero-order valence-corrected chi connectivity index (χ0v) is 18.5. The maximum absolute atomic E-state index is 11.3. The largest absolute Gasteiger partial charge is 0.389 e. The van der Waals surface area contributed by atoms with E-state index in [1.165, 1.54) is 17.2 Å². The lowest BCUT2D eigenvalue weighted by molar-refractivity contribution is -0.384. The molecule has 3 aromatic rings. The number of piperazine rings is 1. The van der Waals surface area contributed by atoms with E-state index in [9.17, 15) is 15.2 Å². The van der Waals surface area contributed by atoms with E-state index < -0.39 is 6.10 Å². The van der Waals surface area contributed by atoms with Crippen LogP contribution in [0.25, 0.3) is 11.1 Å². The van der Waals surface area contributed by atoms with Crippen LogP contribution in [0.2, 0.25) is 0 Å². The molecule has 1 N–H and O–H groups in total. The number of nitrogens with zero attached hydrogens (tertiary/aromatic N) is 3. The molecule has 4 rings (SSSR count). The number of nitro groups is 1. The number of rotatable bonds is 9. The summed E-state index contributed by atoms with van der Waals surface area (Å²) in [7, 11) is 0. The summed E-state index contributed by atoms with van der Waals surface area (Å²) in [6, 6.07) is 25.4. The molecule has 7 nitrogen and oxygen atoms in total. The molecule has 1 unspecified atom stereocenters. The highest BCUT2D eigenvalue weighted by atomic mass is 16.6. The van der Waals surface area contributed by atoms with Gasteiger partial charge in [0.25, 0.3) is 5.69 Å². The summed E-state index contributed by atoms with van der Waals surface area (Å²) >= 11 is 0. The van der Waals surface area contributed by atoms with Crippen molar-refractivity contribution in [1.82, 2.24) is 4.90 Å². The van der Waals surface area contributed by atoms with Crippen LogP contribution in [0.5, 0.6) is 0 Å². The third-order valence-electron chi connectivity index (χ3n) is 5.90. The van der Waals surface area contributed by atoms with Crippen LogP contribution in [0.1, 0.15) is 5.56 Å². The average molecular weight is 448 g/mol. The molecular formula is C26H29N3O4. The molecule has 1 heterocycles. The number of anilines is 1. The van der Waals surface area contributed by atoms with Gasteiger partial charge in [-0.1, -0.05) is 66.7 Å². The second-order valence-electron chi connectivity index (χ2n) is 8.27. The SMILES string of the molecule is O=[N+]([O-])c1ccccc1N1CCN(CC(O)COCc2ccc(-c3ccccc3)cc2)CC1. The second kappa shape index (κ2) is 11.0. The molecule has 7 heteroatoms. The Hall–Kier alpha value is -3.26. The van der Waals surface area contributed by atoms with Gasteiger partial charge in [0.2, 0.25) is 0 Å². The maximum Gasteiger partial charge on any atom is 0.292 e. The van der Waals surface area contributed by atoms with Crippen LogP contribution in [0.15, 0.2) is 78.9 Å². The Morgan fingerprint density at radius 3 is 2.21 bits per heavy atom. The van der Waals surface area contributed by atoms with Gasteiger partial charge < -0.3 is 14.7 Å². The number of hydrogen-bond acceptors (Lipinski definition) is 6. The first kappa shape index (κ1) is 22.9. The van der Waals surface area contributed by atoms with Crippen molar-refractivity contribution in [2.24, 2.45) is 0 Å². The summed E-state index contributed by atoms with van der Waals surface area (Å²) in [5, 5.41) is 21.7. The van der Waals surface area contributed by atoms with E-state index in [0.29, 0.717) is 31.9 Å². The predicted molar refractivity (Wildman–Crippen MR) is 129 cm³/mol. The van der Waals surface area contributed by atoms with Crippen molar-refractivity contribution >= 4 is 11.4 Å². The van der Waals surface area contributed by atoms with Crippen molar-refractivity contribution in [2.45, 2.75) is 12.7 Å². The van der Waals surface area contributed by atoms with E-state index in [4.69, 9.17) is 4.74 Å². The number of β-amino-alcohol motifs (C(OH)–C–C–N with tert-alkyl or cyclic N) is 1. The van der Waals surface area contributed by atoms with Crippen LogP contribution in [-0.4, -0.2) is 60.4 Å². The lowest BCUT2D eigenvalue weighted by Crippen LogP contribution is -2.49. The Kier molecular flexibility index (Phi) is 7.67. The van der Waals surface area contributed by atoms with Gasteiger partial charge in [0.05, 0.1) is 24.2 Å². The molecule has 172 valence electrons. The second-order valence-corrected chi connectivity index (χ2v) is 8.27. The molecule has 1 aliphatic heterocycles. The topological polar surface area (TPSA) is 79.1 Å². The maximum atomic E-state index is 11.3. The third-order valence-corrected chi connectivity index (χ3v) is 5.90. The van der Waals surface area contributed by atoms with Crippen molar-refractivity contribution < 1.29 is 14.8 Å². The van der Waals surface area contributed by atoms with Crippen molar-refractivity contribution in [1.29, 1.82) is 0 Å². The molecule has 3 aromatic carbocycles. The molecule has 1 saturated heterocycles. The van der Waals surface area contributed by atoms with Gasteiger partial charge in [0.1, 0.15) is 5.69 Å². The highest BCUT2D eigenvalue weighted by Crippen LogP contribution is 2.28. The molecule has 0 bridgehead atoms. The smallest absolute Gasteiger partial charge is 0.292 e. The molecule has 0 amide bonds. The summed E-state index contributed by atoms with van der Waals surface area (Å²) in [4.78, 5) is 15.2. The normalized spacial score (nSPS) is 15.4. The van der Waals surface area contributed by atoms with Crippen LogP contribution in [0.3, 0.4) is 0 Å². The van der Waals surface area contributed by atoms with E-state index in [1.54, 1.807) is 12.1 Å². The van der Waals surface area contributed by atoms with E-state index in [0.717, 1.165) is 18.7 Å². The molecule has 0 aromatic heterocycles. The van der Waals surface area contributed by atoms with Gasteiger partial charge in [-0.15, -0.1) is 0 Å². The Bertz CT molecular complexity index is 1030. The van der Waals surface area contributed by atoms with Gasteiger partial charge in [-0.2, -0.15) is 0 Å². The standard InChI is InChI=1S/C26H29N3O4/c30-24(20-33-19-21-10-12-23(13-11-21)22-6-2-1-3-7-22)18-27-14-16-28(17-15-27)25-8-4-5-9-26(25)29(31)32/h1-13,24,30H,14-20H2. The van der Waals surface area contributed by atoms with Crippen molar-refractivity contribution in [3.05, 3.63) is 94.5 Å². The Balaban J connectivity index is 1.19. The molecule has 33 heavy (non-hydrogen) atoms. The van der Waals surface area contributed by atoms with Gasteiger partial charge in [-0.3, -0.25) is 15.0 Å². The molecular weight excluding hydrogens is 418 g/mol. The van der Waals surface area contributed by atoms with Crippen molar-refractivity contribution in [3.63, 3.8) is 0 Å². The molecule has 1 atom stereocenters. The summed E-state index contributed by atoms with van der Waals surface area (Å²) in [5.74, 6) is 0. The summed E-state index contributed by atoms with van der Waals surface area (Å²) in [5.41, 5.74) is 4.21. The zero-order chi connectivity index (χ0) is 23.0. The van der Waals surface area contributed by atoms with E-state index >= 15 is 0 Å². The highest BCUT2D eigenvalue weighted by Gasteiger charge is 2.24. The summed E-state index contributed by atoms with van der Waals surface area (Å²) in [6.07, 6.45) is -0.578. The van der Waals surface area contributed by atoms with Gasteiger partial charge in [0.15, 0.2) is 0 Å². The first-order chi connectivity index (χ1) is 16.1. The van der Waals surface area contributed by atoms with Crippen LogP contribution in [0, 0.1) is 10.1 Å². The van der Waals surface area contributed by atoms with Gasteiger partial charge in [0, 0.05) is 38.8 Å². The fourth-order valence-corrected chi connectivity index (χ4v) is 4.14. The van der Waals surface area contributed by atoms with E-state index in [2.05, 4.69) is 41.3 Å². The predicted octanol–water partition coefficient (Wildman–Crippen LogP) is 3.96. The first-order valence-electron chi connectivity index (χ1n) is 11.2. The number of para-hydroxylation sites is 2. The minimum absolute atomic E-state index is 0.135. The highest BCUT2D eigenvalue weighted by molar-refractivity contribution is 5.64. The van der Waals surface area contributed by atoms with Crippen LogP contribution in [-0.2, 0) is 11.3 Å². The number of hydrogen-bond donors (Lipinski definition) is 1. The number of nitro benzene ring substituents is 1. The minimum atomic E-state index is -0.578. The van der Waals surface area contributed by atoms with Crippen molar-refractivity contribution in [2.75, 3.05) is 44.2 Å².